The Balaban J connectivity index is 0.000000268. The molecule has 0 amide bonds. The molecule has 10 aromatic carbocycles. The SMILES string of the molecule is CC(=O)CBr.CC(=O)c1cccs1.CC(=S)CC#N.N#CC1=C(c2ccccc2)C=C(c2cccs2)CC1=S.O=C(/C=C/c1ccccc1)c1cccs1.O=C(C=P(c1ccccc1)(c1ccccc1)c1ccccc1)c1nccs1.O=C(CBr)c1nccs1.O=Cc1ccccc1.O=Cc1ccccc1.[Na+].[OH-].c1ccc(P(c2ccccc2)c2ccccc2)cc1.c1cscn1. The summed E-state index contributed by atoms with van der Waals surface area (Å²) >= 11 is 25.0. The van der Waals surface area contributed by atoms with Crippen LogP contribution in [0, 0.1) is 22.7 Å². The maximum absolute atomic E-state index is 13.2. The van der Waals surface area contributed by atoms with Crippen molar-refractivity contribution >= 4 is 245 Å². The number of thiazole rings is 3. The van der Waals surface area contributed by atoms with Gasteiger partial charge in [-0.15, -0.1) is 68.0 Å². The fraction of sp³-hybridized carbons (Fsp3) is 0.0660. The van der Waals surface area contributed by atoms with Gasteiger partial charge in [0.2, 0.25) is 11.6 Å². The Labute approximate surface area is 847 Å². The van der Waals surface area contributed by atoms with Crippen molar-refractivity contribution in [3.05, 3.63) is 461 Å². The van der Waals surface area contributed by atoms with E-state index in [1.807, 2.05) is 221 Å². The molecule has 0 atom stereocenters. The van der Waals surface area contributed by atoms with Crippen molar-refractivity contribution in [2.75, 3.05) is 10.7 Å². The molecule has 132 heavy (non-hydrogen) atoms. The summed E-state index contributed by atoms with van der Waals surface area (Å²) in [7, 11) is -0.446. The van der Waals surface area contributed by atoms with E-state index >= 15 is 0 Å². The van der Waals surface area contributed by atoms with Gasteiger partial charge in [-0.05, 0) is 136 Å². The number of aromatic nitrogens is 3. The van der Waals surface area contributed by atoms with Crippen molar-refractivity contribution in [3.8, 4) is 12.1 Å². The van der Waals surface area contributed by atoms with E-state index in [1.54, 1.807) is 96.3 Å². The van der Waals surface area contributed by atoms with Gasteiger partial charge in [0.15, 0.2) is 21.6 Å². The smallest absolute Gasteiger partial charge is 0.870 e. The zero-order valence-electron chi connectivity index (χ0n) is 72.4. The number of Topliss-reactive ketones (excluding diaryl/α,β-unsaturated/α-hetero) is 4. The van der Waals surface area contributed by atoms with Crippen LogP contribution in [0.5, 0.6) is 0 Å². The molecule has 6 heterocycles. The molecular weight excluding hydrogens is 1970 g/mol. The number of thiophene rings is 3. The van der Waals surface area contributed by atoms with Gasteiger partial charge < -0.3 is 5.48 Å². The van der Waals surface area contributed by atoms with E-state index in [0.29, 0.717) is 39.1 Å². The fourth-order valence-corrected chi connectivity index (χ4v) is 21.6. The molecule has 0 fully saturated rings. The second kappa shape index (κ2) is 66.3. The van der Waals surface area contributed by atoms with E-state index in [0.717, 1.165) is 75.8 Å². The zero-order chi connectivity index (χ0) is 93.0. The first-order valence-electron chi connectivity index (χ1n) is 39.8. The summed E-state index contributed by atoms with van der Waals surface area (Å²) < 4.78 is 0. The molecule has 17 rings (SSSR count). The number of aldehydes is 2. The molecule has 0 saturated carbocycles. The molecule has 16 aromatic rings. The van der Waals surface area contributed by atoms with Crippen molar-refractivity contribution in [2.45, 2.75) is 33.6 Å². The summed E-state index contributed by atoms with van der Waals surface area (Å²) in [5.41, 5.74) is 8.10. The Kier molecular flexibility index (Phi) is 56.0. The molecule has 0 spiro atoms. The van der Waals surface area contributed by atoms with Crippen LogP contribution >= 0.6 is 139 Å². The molecule has 0 saturated heterocycles. The van der Waals surface area contributed by atoms with Gasteiger partial charge in [-0.3, -0.25) is 38.5 Å². The molecular formula is C106H90Br2N5NaO8P2S8. The van der Waals surface area contributed by atoms with Crippen LogP contribution in [0.1, 0.15) is 109 Å². The average Bonchev–Trinajstić information content (AvgIpc) is 1.02. The van der Waals surface area contributed by atoms with Gasteiger partial charge in [0, 0.05) is 72.5 Å². The average molecular weight is 2060 g/mol. The topological polar surface area (TPSA) is 236 Å². The van der Waals surface area contributed by atoms with Gasteiger partial charge in [-0.25, -0.2) is 9.97 Å². The van der Waals surface area contributed by atoms with E-state index < -0.39 is 14.8 Å². The van der Waals surface area contributed by atoms with Gasteiger partial charge >= 0.3 is 29.6 Å². The third kappa shape index (κ3) is 40.6. The van der Waals surface area contributed by atoms with Gasteiger partial charge in [-0.2, -0.15) is 10.5 Å². The Morgan fingerprint density at radius 3 is 1.18 bits per heavy atom. The number of carbonyl (C=O) groups excluding carboxylic acids is 7. The number of alkyl halides is 2. The number of nitriles is 2. The van der Waals surface area contributed by atoms with Crippen molar-refractivity contribution in [1.29, 1.82) is 10.5 Å². The second-order valence-electron chi connectivity index (χ2n) is 26.5. The second-order valence-corrected chi connectivity index (χ2v) is 39.7. The first-order valence-corrected chi connectivity index (χ1v) is 51.4. The predicted octanol–water partition coefficient (Wildman–Crippen LogP) is 23.0. The molecule has 0 unspecified atom stereocenters. The van der Waals surface area contributed by atoms with E-state index in [4.69, 9.17) is 17.5 Å². The molecule has 26 heteroatoms. The van der Waals surface area contributed by atoms with E-state index in [2.05, 4.69) is 210 Å². The summed E-state index contributed by atoms with van der Waals surface area (Å²) in [6.07, 6.45) is 13.4. The standard InChI is InChI=1S/C23H18NOPS.C18H15P.C17H11NS2.C13H10OS.2C7H6O.C6H6OS.C5H4BrNOS.C4H5NS.C3H5BrO.C3H3NS.Na.H2O/c25-22(23-24-16-17-27-23)18-26(19-10-4-1-5-11-19,20-12-6-2-7-13-20)21-14-8-3-9-15-21;1-4-10-16(11-5-1)19(17-12-6-2-7-13-17)18-14-8-3-9-15-18;18-11-15-14(12-5-2-1-3-6-12)9-13(10-16(15)19)17-7-4-8-20-17;14-12(13-7-4-10-15-13)9-8-11-5-2-1-3-6-11;2*8-6-7-4-2-1-3-5-7;1-5(7)6-3-2-4-8-6;6-3-4(8)5-7-1-2-9-5;1-4(6)2-3-5;1-3(5)2-4;1-2-5-3-4-1;;/h1-18H;1-15H;1-9H,10H2;1-10H;2*1-6H;2-4H,1H3;1-2H,3H2;2H2,1H3;2H2,1H3;1-3H;;1H2/q;;;;;;;;;;;+1;/p-1/b;;;9-8+;;;;;;;;;. The largest absolute Gasteiger partial charge is 1.00 e. The molecule has 660 valence electrons. The van der Waals surface area contributed by atoms with Gasteiger partial charge in [0.25, 0.3) is 0 Å². The minimum atomic E-state index is -2.26. The van der Waals surface area contributed by atoms with Crippen molar-refractivity contribution < 1.29 is 68.6 Å². The summed E-state index contributed by atoms with van der Waals surface area (Å²) in [6.45, 7) is 2.62. The number of hydrogen-bond acceptors (Lipinski definition) is 21. The molecule has 0 aliphatic heterocycles. The molecule has 0 bridgehead atoms. The number of allylic oxidation sites excluding steroid dienone is 5. The maximum atomic E-state index is 13.2. The van der Waals surface area contributed by atoms with Crippen LogP contribution in [0.3, 0.4) is 0 Å². The zero-order valence-corrected chi connectivity index (χ0v) is 85.8. The molecule has 1 aliphatic carbocycles. The Hall–Kier alpha value is -11.1. The van der Waals surface area contributed by atoms with E-state index in [1.165, 1.54) is 78.6 Å². The Morgan fingerprint density at radius 1 is 0.470 bits per heavy atom. The van der Waals surface area contributed by atoms with Gasteiger partial charge in [0.05, 0.1) is 44.0 Å². The molecule has 0 radical (unpaired) electrons. The first-order chi connectivity index (χ1) is 63.5. The predicted molar refractivity (Wildman–Crippen MR) is 571 cm³/mol. The molecule has 6 aromatic heterocycles. The van der Waals surface area contributed by atoms with Crippen LogP contribution in [0.15, 0.2) is 414 Å². The summed E-state index contributed by atoms with van der Waals surface area (Å²) in [5, 5.41) is 38.3. The number of halogens is 2. The van der Waals surface area contributed by atoms with Crippen LogP contribution in [0.2, 0.25) is 0 Å². The first kappa shape index (κ1) is 111. The van der Waals surface area contributed by atoms with E-state index in [-0.39, 0.29) is 63.9 Å². The maximum Gasteiger partial charge on any atom is 1.00 e. The molecule has 1 N–H and O–H groups in total. The third-order valence-electron chi connectivity index (χ3n) is 17.1. The number of rotatable bonds is 20. The number of nitrogens with zero attached hydrogens (tertiary/aromatic N) is 5. The Morgan fingerprint density at radius 2 is 0.871 bits per heavy atom. The molecule has 13 nitrogen and oxygen atoms in total. The van der Waals surface area contributed by atoms with Crippen molar-refractivity contribution in [1.82, 2.24) is 15.0 Å². The number of carbonyl (C=O) groups is 7. The minimum Gasteiger partial charge on any atom is -0.870 e. The third-order valence-corrected chi connectivity index (χ3v) is 30.2. The van der Waals surface area contributed by atoms with Crippen molar-refractivity contribution in [3.63, 3.8) is 0 Å². The summed E-state index contributed by atoms with van der Waals surface area (Å²) in [4.78, 5) is 92.0. The van der Waals surface area contributed by atoms with Crippen LogP contribution in [0.25, 0.3) is 17.2 Å². The van der Waals surface area contributed by atoms with E-state index in [9.17, 15) is 38.8 Å². The number of ketones is 5. The quantitative estimate of drug-likeness (QED) is 0.0131. The summed E-state index contributed by atoms with van der Waals surface area (Å²) in [5.74, 6) is 2.34. The van der Waals surface area contributed by atoms with Gasteiger partial charge in [0.1, 0.15) is 24.4 Å². The number of hydrogen-bond donors (Lipinski definition) is 0. The van der Waals surface area contributed by atoms with Crippen LogP contribution in [0.4, 0.5) is 0 Å². The van der Waals surface area contributed by atoms with Gasteiger partial charge in [-0.1, -0.05) is 384 Å². The van der Waals surface area contributed by atoms with Crippen LogP contribution in [-0.4, -0.2) is 88.1 Å². The molecule has 1 aliphatic rings. The fourth-order valence-electron chi connectivity index (χ4n) is 11.2. The number of thiocarbonyl (C=S) groups is 2. The number of benzene rings is 10. The summed E-state index contributed by atoms with van der Waals surface area (Å²) in [6, 6.07) is 117. The van der Waals surface area contributed by atoms with Crippen LogP contribution < -0.4 is 61.4 Å². The van der Waals surface area contributed by atoms with Crippen LogP contribution in [-0.2, 0) is 4.79 Å². The van der Waals surface area contributed by atoms with Crippen molar-refractivity contribution in [2.24, 2.45) is 0 Å². The monoisotopic (exact) mass is 2060 g/mol. The normalized spacial score (nSPS) is 10.4. The Bertz CT molecular complexity index is 5980. The minimum absolute atomic E-state index is 0.